The highest BCUT2D eigenvalue weighted by Gasteiger charge is 2.04. The average Bonchev–Trinajstić information content (AvgIpc) is 2.53. The van der Waals surface area contributed by atoms with Crippen molar-refractivity contribution in [2.45, 2.75) is 26.7 Å². The van der Waals surface area contributed by atoms with Gasteiger partial charge in [0, 0.05) is 11.9 Å². The summed E-state index contributed by atoms with van der Waals surface area (Å²) in [5, 5.41) is 7.97. The molecule has 78 valence electrons. The third kappa shape index (κ3) is 3.33. The van der Waals surface area contributed by atoms with Gasteiger partial charge in [0.15, 0.2) is 5.13 Å². The summed E-state index contributed by atoms with van der Waals surface area (Å²) >= 11 is 1.46. The van der Waals surface area contributed by atoms with Crippen LogP contribution in [-0.4, -0.2) is 17.6 Å². The van der Waals surface area contributed by atoms with Crippen molar-refractivity contribution in [2.24, 2.45) is 0 Å². The number of carbonyl (C=O) groups excluding carboxylic acids is 1. The molecule has 0 aliphatic heterocycles. The van der Waals surface area contributed by atoms with Crippen LogP contribution < -0.4 is 10.6 Å². The molecule has 0 saturated carbocycles. The summed E-state index contributed by atoms with van der Waals surface area (Å²) in [5.41, 5.74) is 1.05. The van der Waals surface area contributed by atoms with Gasteiger partial charge >= 0.3 is 6.03 Å². The lowest BCUT2D eigenvalue weighted by atomic mass is 10.3. The summed E-state index contributed by atoms with van der Waals surface area (Å²) in [7, 11) is 0. The lowest BCUT2D eigenvalue weighted by Gasteiger charge is -2.00. The lowest BCUT2D eigenvalue weighted by Crippen LogP contribution is -2.28. The first-order chi connectivity index (χ1) is 6.76. The summed E-state index contributed by atoms with van der Waals surface area (Å²) in [4.78, 5) is 15.4. The molecule has 5 heteroatoms. The maximum absolute atomic E-state index is 11.1. The molecular formula is C9H15N3OS. The number of hydrogen-bond acceptors (Lipinski definition) is 3. The molecule has 0 aliphatic carbocycles. The topological polar surface area (TPSA) is 54.0 Å². The van der Waals surface area contributed by atoms with Crippen LogP contribution in [-0.2, 0) is 6.42 Å². The molecule has 0 radical (unpaired) electrons. The number of urea groups is 1. The second kappa shape index (κ2) is 5.59. The molecule has 0 aliphatic rings. The van der Waals surface area contributed by atoms with Crippen molar-refractivity contribution in [1.29, 1.82) is 0 Å². The summed E-state index contributed by atoms with van der Waals surface area (Å²) < 4.78 is 0. The molecule has 4 nitrogen and oxygen atoms in total. The largest absolute Gasteiger partial charge is 0.338 e. The minimum absolute atomic E-state index is 0.190. The molecule has 2 N–H and O–H groups in total. The Morgan fingerprint density at radius 3 is 3.00 bits per heavy atom. The molecular weight excluding hydrogens is 198 g/mol. The van der Waals surface area contributed by atoms with Crippen LogP contribution in [0.2, 0.25) is 0 Å². The normalized spacial score (nSPS) is 9.86. The first kappa shape index (κ1) is 11.0. The predicted octanol–water partition coefficient (Wildman–Crippen LogP) is 2.24. The van der Waals surface area contributed by atoms with Crippen molar-refractivity contribution in [3.8, 4) is 0 Å². The van der Waals surface area contributed by atoms with Crippen molar-refractivity contribution < 1.29 is 4.79 Å². The van der Waals surface area contributed by atoms with Crippen LogP contribution in [0.5, 0.6) is 0 Å². The van der Waals surface area contributed by atoms with Crippen LogP contribution in [0.4, 0.5) is 9.93 Å². The van der Waals surface area contributed by atoms with Gasteiger partial charge in [0.05, 0.1) is 5.69 Å². The second-order valence-electron chi connectivity index (χ2n) is 2.88. The van der Waals surface area contributed by atoms with Crippen molar-refractivity contribution in [3.63, 3.8) is 0 Å². The number of aromatic nitrogens is 1. The van der Waals surface area contributed by atoms with Crippen molar-refractivity contribution >= 4 is 22.5 Å². The standard InChI is InChI=1S/C9H15N3OS/c1-3-5-7-6-14-9(11-7)12-8(13)10-4-2/h6H,3-5H2,1-2H3,(H2,10,11,12,13). The Balaban J connectivity index is 2.46. The number of nitrogens with zero attached hydrogens (tertiary/aromatic N) is 1. The van der Waals surface area contributed by atoms with Gasteiger partial charge in [0.25, 0.3) is 0 Å². The molecule has 2 amide bonds. The third-order valence-electron chi connectivity index (χ3n) is 1.62. The molecule has 0 spiro atoms. The Kier molecular flexibility index (Phi) is 4.39. The van der Waals surface area contributed by atoms with Crippen LogP contribution in [0.15, 0.2) is 5.38 Å². The molecule has 1 heterocycles. The van der Waals surface area contributed by atoms with Crippen molar-refractivity contribution in [3.05, 3.63) is 11.1 Å². The molecule has 0 bridgehead atoms. The number of hydrogen-bond donors (Lipinski definition) is 2. The van der Waals surface area contributed by atoms with Gasteiger partial charge in [-0.05, 0) is 13.3 Å². The zero-order valence-corrected chi connectivity index (χ0v) is 9.28. The minimum atomic E-state index is -0.190. The van der Waals surface area contributed by atoms with E-state index in [-0.39, 0.29) is 6.03 Å². The monoisotopic (exact) mass is 213 g/mol. The van der Waals surface area contributed by atoms with E-state index in [1.54, 1.807) is 0 Å². The van der Waals surface area contributed by atoms with E-state index < -0.39 is 0 Å². The smallest absolute Gasteiger partial charge is 0.321 e. The maximum Gasteiger partial charge on any atom is 0.321 e. The first-order valence-corrected chi connectivity index (χ1v) is 5.63. The van der Waals surface area contributed by atoms with E-state index in [2.05, 4.69) is 22.5 Å². The number of aryl methyl sites for hydroxylation is 1. The SMILES string of the molecule is CCCc1csc(NC(=O)NCC)n1. The highest BCUT2D eigenvalue weighted by molar-refractivity contribution is 7.13. The van der Waals surface area contributed by atoms with Gasteiger partial charge in [-0.2, -0.15) is 0 Å². The number of amides is 2. The highest BCUT2D eigenvalue weighted by atomic mass is 32.1. The molecule has 14 heavy (non-hydrogen) atoms. The fourth-order valence-corrected chi connectivity index (χ4v) is 1.78. The Labute approximate surface area is 87.7 Å². The second-order valence-corrected chi connectivity index (χ2v) is 3.74. The van der Waals surface area contributed by atoms with Gasteiger partial charge < -0.3 is 5.32 Å². The molecule has 1 aromatic rings. The summed E-state index contributed by atoms with van der Waals surface area (Å²) in [6, 6.07) is -0.190. The van der Waals surface area contributed by atoms with Crippen LogP contribution in [0.1, 0.15) is 26.0 Å². The van der Waals surface area contributed by atoms with Crippen LogP contribution in [0.3, 0.4) is 0 Å². The Bertz CT molecular complexity index is 298. The number of thiazole rings is 1. The Morgan fingerprint density at radius 1 is 1.57 bits per heavy atom. The molecule has 0 aromatic carbocycles. The van der Waals surface area contributed by atoms with Crippen molar-refractivity contribution in [1.82, 2.24) is 10.3 Å². The van der Waals surface area contributed by atoms with Gasteiger partial charge in [-0.25, -0.2) is 9.78 Å². The lowest BCUT2D eigenvalue weighted by molar-refractivity contribution is 0.252. The van der Waals surface area contributed by atoms with E-state index in [1.807, 2.05) is 12.3 Å². The predicted molar refractivity (Wildman–Crippen MR) is 58.8 cm³/mol. The molecule has 1 rings (SSSR count). The van der Waals surface area contributed by atoms with Gasteiger partial charge in [-0.1, -0.05) is 13.3 Å². The fraction of sp³-hybridized carbons (Fsp3) is 0.556. The van der Waals surface area contributed by atoms with Gasteiger partial charge in [-0.15, -0.1) is 11.3 Å². The average molecular weight is 213 g/mol. The molecule has 0 unspecified atom stereocenters. The van der Waals surface area contributed by atoms with E-state index in [9.17, 15) is 4.79 Å². The fourth-order valence-electron chi connectivity index (χ4n) is 1.04. The van der Waals surface area contributed by atoms with Gasteiger partial charge in [0.1, 0.15) is 0 Å². The maximum atomic E-state index is 11.1. The molecule has 0 saturated heterocycles. The molecule has 1 aromatic heterocycles. The minimum Gasteiger partial charge on any atom is -0.338 e. The number of anilines is 1. The summed E-state index contributed by atoms with van der Waals surface area (Å²) in [5.74, 6) is 0. The number of nitrogens with one attached hydrogen (secondary N) is 2. The molecule has 0 fully saturated rings. The van der Waals surface area contributed by atoms with Crippen LogP contribution >= 0.6 is 11.3 Å². The Hall–Kier alpha value is -1.10. The zero-order chi connectivity index (χ0) is 10.4. The Morgan fingerprint density at radius 2 is 2.36 bits per heavy atom. The summed E-state index contributed by atoms with van der Waals surface area (Å²) in [6.07, 6.45) is 2.04. The van der Waals surface area contributed by atoms with Gasteiger partial charge in [-0.3, -0.25) is 5.32 Å². The highest BCUT2D eigenvalue weighted by Crippen LogP contribution is 2.15. The van der Waals surface area contributed by atoms with E-state index >= 15 is 0 Å². The van der Waals surface area contributed by atoms with Gasteiger partial charge in [0.2, 0.25) is 0 Å². The summed E-state index contributed by atoms with van der Waals surface area (Å²) in [6.45, 7) is 4.61. The van der Waals surface area contributed by atoms with Crippen LogP contribution in [0.25, 0.3) is 0 Å². The zero-order valence-electron chi connectivity index (χ0n) is 8.46. The van der Waals surface area contributed by atoms with E-state index in [0.717, 1.165) is 18.5 Å². The van der Waals surface area contributed by atoms with Crippen LogP contribution in [0, 0.1) is 0 Å². The number of rotatable bonds is 4. The quantitative estimate of drug-likeness (QED) is 0.806. The first-order valence-electron chi connectivity index (χ1n) is 4.75. The van der Waals surface area contributed by atoms with E-state index in [4.69, 9.17) is 0 Å². The molecule has 0 atom stereocenters. The van der Waals surface area contributed by atoms with Crippen molar-refractivity contribution in [2.75, 3.05) is 11.9 Å². The van der Waals surface area contributed by atoms with E-state index in [1.165, 1.54) is 11.3 Å². The number of carbonyl (C=O) groups is 1. The van der Waals surface area contributed by atoms with E-state index in [0.29, 0.717) is 11.7 Å². The third-order valence-corrected chi connectivity index (χ3v) is 2.42.